The van der Waals surface area contributed by atoms with Gasteiger partial charge in [-0.15, -0.1) is 11.3 Å². The molecule has 11 heteroatoms. The van der Waals surface area contributed by atoms with Gasteiger partial charge in [-0.3, -0.25) is 0 Å². The Kier molecular flexibility index (Phi) is 4.68. The molecule has 29 heavy (non-hydrogen) atoms. The number of nitrogens with one attached hydrogen (secondary N) is 1. The van der Waals surface area contributed by atoms with E-state index < -0.39 is 15.9 Å². The number of nitrogens with zero attached hydrogens (tertiary/aromatic N) is 3. The normalized spacial score (nSPS) is 24.9. The number of sulfonamides is 1. The highest BCUT2D eigenvalue weighted by atomic mass is 32.3. The van der Waals surface area contributed by atoms with Crippen molar-refractivity contribution < 1.29 is 22.6 Å². The van der Waals surface area contributed by atoms with Gasteiger partial charge in [-0.2, -0.15) is 14.3 Å². The van der Waals surface area contributed by atoms with Crippen molar-refractivity contribution in [2.24, 2.45) is 11.8 Å². The first kappa shape index (κ1) is 19.4. The third-order valence-electron chi connectivity index (χ3n) is 5.32. The molecular weight excluding hydrogens is 432 g/mol. The van der Waals surface area contributed by atoms with Crippen molar-refractivity contribution in [1.29, 1.82) is 0 Å². The second-order valence-corrected chi connectivity index (χ2v) is 12.2. The number of thiazole rings is 1. The van der Waals surface area contributed by atoms with Gasteiger partial charge in [0.15, 0.2) is 5.04 Å². The van der Waals surface area contributed by atoms with Crippen LogP contribution in [0.25, 0.3) is 0 Å². The summed E-state index contributed by atoms with van der Waals surface area (Å²) in [7, 11) is -3.67. The van der Waals surface area contributed by atoms with Crippen LogP contribution in [0.15, 0.2) is 16.5 Å². The molecular formula is C18H21N4O4S3+. The van der Waals surface area contributed by atoms with Crippen molar-refractivity contribution >= 4 is 50.1 Å². The van der Waals surface area contributed by atoms with E-state index in [-0.39, 0.29) is 28.8 Å². The zero-order valence-electron chi connectivity index (χ0n) is 15.8. The number of fused-ring (bicyclic) bond motifs is 1. The van der Waals surface area contributed by atoms with Crippen LogP contribution in [-0.2, 0) is 21.4 Å². The average Bonchev–Trinajstić information content (AvgIpc) is 3.57. The molecule has 3 amide bonds. The van der Waals surface area contributed by atoms with Gasteiger partial charge in [-0.1, -0.05) is 0 Å². The van der Waals surface area contributed by atoms with Crippen LogP contribution < -0.4 is 4.72 Å². The Labute approximate surface area is 177 Å². The van der Waals surface area contributed by atoms with Crippen molar-refractivity contribution in [2.75, 3.05) is 6.54 Å². The van der Waals surface area contributed by atoms with Gasteiger partial charge in [-0.25, -0.2) is 22.9 Å². The van der Waals surface area contributed by atoms with E-state index in [0.29, 0.717) is 17.5 Å². The second kappa shape index (κ2) is 7.00. The van der Waals surface area contributed by atoms with Gasteiger partial charge in [0.05, 0.1) is 16.4 Å². The first-order valence-corrected chi connectivity index (χ1v) is 12.8. The first-order chi connectivity index (χ1) is 13.8. The first-order valence-electron chi connectivity index (χ1n) is 9.65. The summed E-state index contributed by atoms with van der Waals surface area (Å²) in [5.74, 6) is -0.679. The topological polar surface area (TPSA) is 99.5 Å². The molecule has 4 aliphatic rings. The molecule has 1 unspecified atom stereocenters. The van der Waals surface area contributed by atoms with Crippen molar-refractivity contribution in [3.63, 3.8) is 0 Å². The lowest BCUT2D eigenvalue weighted by Crippen LogP contribution is -2.52. The number of aryl methyl sites for hydroxylation is 1. The van der Waals surface area contributed by atoms with Crippen LogP contribution in [0, 0.1) is 18.8 Å². The van der Waals surface area contributed by atoms with Crippen LogP contribution in [-0.4, -0.2) is 52.4 Å². The van der Waals surface area contributed by atoms with Crippen LogP contribution in [0.3, 0.4) is 0 Å². The number of hydrogen-bond acceptors (Lipinski definition) is 7. The van der Waals surface area contributed by atoms with Crippen LogP contribution in [0.2, 0.25) is 0 Å². The largest absolute Gasteiger partial charge is 0.501 e. The van der Waals surface area contributed by atoms with Gasteiger partial charge in [0.25, 0.3) is 0 Å². The molecule has 2 fully saturated rings. The third kappa shape index (κ3) is 3.80. The average molecular weight is 454 g/mol. The summed E-state index contributed by atoms with van der Waals surface area (Å²) in [4.78, 5) is 32.6. The summed E-state index contributed by atoms with van der Waals surface area (Å²) in [6.45, 7) is 2.56. The Hall–Kier alpha value is -1.56. The smallest absolute Gasteiger partial charge is 0.250 e. The number of carbonyl (C=O) groups excluding carboxylic acids is 2. The second-order valence-electron chi connectivity index (χ2n) is 7.91. The fourth-order valence-electron chi connectivity index (χ4n) is 3.44. The van der Waals surface area contributed by atoms with E-state index in [1.54, 1.807) is 10.8 Å². The van der Waals surface area contributed by atoms with Gasteiger partial charge in [0.2, 0.25) is 10.0 Å². The third-order valence-corrected chi connectivity index (χ3v) is 9.45. The van der Waals surface area contributed by atoms with Crippen LogP contribution in [0.1, 0.15) is 35.6 Å². The molecule has 0 spiro atoms. The van der Waals surface area contributed by atoms with E-state index in [2.05, 4.69) is 9.71 Å². The maximum atomic E-state index is 13.2. The molecule has 2 saturated carbocycles. The van der Waals surface area contributed by atoms with Crippen LogP contribution in [0.5, 0.6) is 0 Å². The minimum Gasteiger partial charge on any atom is -0.250 e. The zero-order valence-corrected chi connectivity index (χ0v) is 18.3. The molecule has 1 N–H and O–H groups in total. The molecule has 0 saturated heterocycles. The minimum atomic E-state index is -3.67. The van der Waals surface area contributed by atoms with Crippen molar-refractivity contribution in [1.82, 2.24) is 14.6 Å². The SMILES string of the molecule is Cc1ncc(CN2C(=O)C3C=C(S(=O)(=O)NC4CC4)SC3=[N+](CC3CC3)C2=O)s1. The molecule has 1 aromatic rings. The lowest BCUT2D eigenvalue weighted by Gasteiger charge is -2.23. The van der Waals surface area contributed by atoms with Crippen molar-refractivity contribution in [3.8, 4) is 0 Å². The van der Waals surface area contributed by atoms with E-state index >= 15 is 0 Å². The van der Waals surface area contributed by atoms with Crippen LogP contribution in [0.4, 0.5) is 4.79 Å². The van der Waals surface area contributed by atoms with Crippen molar-refractivity contribution in [2.45, 2.75) is 45.2 Å². The monoisotopic (exact) mass is 453 g/mol. The highest BCUT2D eigenvalue weighted by Gasteiger charge is 2.53. The number of aromatic nitrogens is 1. The number of carbonyl (C=O) groups is 2. The predicted octanol–water partition coefficient (Wildman–Crippen LogP) is 2.02. The van der Waals surface area contributed by atoms with E-state index in [9.17, 15) is 18.0 Å². The number of urea groups is 1. The fourth-order valence-corrected chi connectivity index (χ4v) is 7.14. The number of rotatable bonds is 7. The lowest BCUT2D eigenvalue weighted by atomic mass is 10.1. The quantitative estimate of drug-likeness (QED) is 0.634. The Bertz CT molecular complexity index is 1070. The van der Waals surface area contributed by atoms with Gasteiger partial charge in [0, 0.05) is 12.2 Å². The molecule has 2 aliphatic carbocycles. The summed E-state index contributed by atoms with van der Waals surface area (Å²) in [5.41, 5.74) is 0. The highest BCUT2D eigenvalue weighted by Crippen LogP contribution is 2.40. The summed E-state index contributed by atoms with van der Waals surface area (Å²) in [5, 5.41) is 1.40. The van der Waals surface area contributed by atoms with Gasteiger partial charge in [-0.05, 0) is 56.4 Å². The highest BCUT2D eigenvalue weighted by molar-refractivity contribution is 8.27. The predicted molar refractivity (Wildman–Crippen MR) is 110 cm³/mol. The molecule has 0 aromatic carbocycles. The Morgan fingerprint density at radius 3 is 2.66 bits per heavy atom. The summed E-state index contributed by atoms with van der Waals surface area (Å²) < 4.78 is 29.8. The van der Waals surface area contributed by atoms with Gasteiger partial charge < -0.3 is 0 Å². The van der Waals surface area contributed by atoms with Crippen molar-refractivity contribution in [3.05, 3.63) is 26.4 Å². The molecule has 2 aliphatic heterocycles. The Morgan fingerprint density at radius 2 is 2.03 bits per heavy atom. The molecule has 1 aromatic heterocycles. The summed E-state index contributed by atoms with van der Waals surface area (Å²) >= 11 is 2.49. The molecule has 3 heterocycles. The molecule has 0 bridgehead atoms. The van der Waals surface area contributed by atoms with Crippen LogP contribution >= 0.6 is 23.1 Å². The van der Waals surface area contributed by atoms with E-state index in [4.69, 9.17) is 0 Å². The zero-order chi connectivity index (χ0) is 20.3. The minimum absolute atomic E-state index is 0.0138. The Morgan fingerprint density at radius 1 is 1.28 bits per heavy atom. The van der Waals surface area contributed by atoms with E-state index in [1.807, 2.05) is 6.92 Å². The maximum Gasteiger partial charge on any atom is 0.501 e. The van der Waals surface area contributed by atoms with E-state index in [0.717, 1.165) is 47.3 Å². The fraction of sp³-hybridized carbons (Fsp3) is 0.556. The molecule has 154 valence electrons. The molecule has 5 rings (SSSR count). The molecule has 8 nitrogen and oxygen atoms in total. The Balaban J connectivity index is 1.48. The summed E-state index contributed by atoms with van der Waals surface area (Å²) in [6.07, 6.45) is 6.96. The number of amides is 3. The molecule has 1 atom stereocenters. The van der Waals surface area contributed by atoms with E-state index in [1.165, 1.54) is 22.3 Å². The summed E-state index contributed by atoms with van der Waals surface area (Å²) in [6, 6.07) is -0.381. The van der Waals surface area contributed by atoms with Gasteiger partial charge in [0.1, 0.15) is 16.7 Å². The number of imide groups is 1. The van der Waals surface area contributed by atoms with Gasteiger partial charge >= 0.3 is 11.9 Å². The maximum absolute atomic E-state index is 13.2. The molecule has 0 radical (unpaired) electrons. The number of hydrogen-bond donors (Lipinski definition) is 1. The lowest BCUT2D eigenvalue weighted by molar-refractivity contribution is -0.441. The number of thioether (sulfide) groups is 1. The standard InChI is InChI=1S/C18H21N4O4S3/c1-10-19-7-13(27-10)9-21-16(23)14-6-15(29(25,26)20-12-4-5-12)28-17(14)22(18(21)24)8-11-2-3-11/h6-7,11-12,14,20H,2-5,8-9H2,1H3/q+1.